The molecule has 13 heavy (non-hydrogen) atoms. The maximum atomic E-state index is 11.4. The molecule has 1 aromatic rings. The first-order valence-corrected chi connectivity index (χ1v) is 5.14. The fourth-order valence-electron chi connectivity index (χ4n) is 1.04. The third kappa shape index (κ3) is 2.84. The minimum absolute atomic E-state index is 0.00806. The molecule has 0 spiro atoms. The van der Waals surface area contributed by atoms with Gasteiger partial charge in [0.15, 0.2) is 0 Å². The summed E-state index contributed by atoms with van der Waals surface area (Å²) in [5.74, 6) is 0.00806. The van der Waals surface area contributed by atoms with Gasteiger partial charge < -0.3 is 5.32 Å². The fourth-order valence-corrected chi connectivity index (χ4v) is 1.50. The first-order valence-electron chi connectivity index (χ1n) is 4.22. The van der Waals surface area contributed by atoms with Crippen molar-refractivity contribution in [3.63, 3.8) is 0 Å². The first kappa shape index (κ1) is 10.3. The van der Waals surface area contributed by atoms with Gasteiger partial charge >= 0.3 is 0 Å². The second kappa shape index (κ2) is 5.02. The van der Waals surface area contributed by atoms with Crippen LogP contribution < -0.4 is 5.32 Å². The van der Waals surface area contributed by atoms with Gasteiger partial charge in [0.25, 0.3) is 0 Å². The van der Waals surface area contributed by atoms with Crippen molar-refractivity contribution < 1.29 is 4.79 Å². The molecule has 3 heteroatoms. The summed E-state index contributed by atoms with van der Waals surface area (Å²) in [6.07, 6.45) is 0. The van der Waals surface area contributed by atoms with E-state index < -0.39 is 0 Å². The smallest absolute Gasteiger partial charge is 0.238 e. The molecule has 70 valence electrons. The first-order chi connectivity index (χ1) is 6.25. The number of rotatable bonds is 3. The van der Waals surface area contributed by atoms with Crippen molar-refractivity contribution in [2.45, 2.75) is 11.8 Å². The molecule has 0 radical (unpaired) electrons. The summed E-state index contributed by atoms with van der Waals surface area (Å²) in [5.41, 5.74) is 0.980. The van der Waals surface area contributed by atoms with Gasteiger partial charge in [-0.15, -0.1) is 0 Å². The maximum Gasteiger partial charge on any atom is 0.238 e. The van der Waals surface area contributed by atoms with Crippen molar-refractivity contribution in [2.75, 3.05) is 6.54 Å². The van der Waals surface area contributed by atoms with Crippen LogP contribution >= 0.6 is 15.9 Å². The van der Waals surface area contributed by atoms with Gasteiger partial charge in [-0.25, -0.2) is 0 Å². The van der Waals surface area contributed by atoms with Crippen LogP contribution in [0.3, 0.4) is 0 Å². The van der Waals surface area contributed by atoms with Crippen LogP contribution in [0.15, 0.2) is 30.3 Å². The number of hydrogen-bond acceptors (Lipinski definition) is 1. The number of nitrogens with one attached hydrogen (secondary N) is 1. The van der Waals surface area contributed by atoms with Crippen molar-refractivity contribution in [2.24, 2.45) is 0 Å². The highest BCUT2D eigenvalue weighted by Crippen LogP contribution is 2.21. The molecule has 1 N–H and O–H groups in total. The largest absolute Gasteiger partial charge is 0.355 e. The lowest BCUT2D eigenvalue weighted by Crippen LogP contribution is -2.26. The zero-order valence-corrected chi connectivity index (χ0v) is 9.04. The average molecular weight is 242 g/mol. The molecule has 0 aliphatic heterocycles. The number of amides is 1. The fraction of sp³-hybridized carbons (Fsp3) is 0.300. The van der Waals surface area contributed by atoms with Gasteiger partial charge in [-0.2, -0.15) is 0 Å². The normalized spacial score (nSPS) is 12.2. The van der Waals surface area contributed by atoms with Gasteiger partial charge in [0.05, 0.1) is 0 Å². The summed E-state index contributed by atoms with van der Waals surface area (Å²) in [7, 11) is 0. The highest BCUT2D eigenvalue weighted by Gasteiger charge is 2.14. The van der Waals surface area contributed by atoms with Crippen molar-refractivity contribution in [3.05, 3.63) is 35.9 Å². The molecule has 0 saturated carbocycles. The monoisotopic (exact) mass is 241 g/mol. The molecule has 0 aliphatic rings. The van der Waals surface area contributed by atoms with Crippen LogP contribution in [0.25, 0.3) is 0 Å². The van der Waals surface area contributed by atoms with Crippen molar-refractivity contribution in [3.8, 4) is 0 Å². The molecule has 0 fully saturated rings. The average Bonchev–Trinajstić information content (AvgIpc) is 2.18. The molecule has 0 bridgehead atoms. The Morgan fingerprint density at radius 1 is 1.46 bits per heavy atom. The van der Waals surface area contributed by atoms with Crippen LogP contribution in [0.2, 0.25) is 0 Å². The molecule has 1 amide bonds. The van der Waals surface area contributed by atoms with Gasteiger partial charge in [-0.05, 0) is 12.5 Å². The zero-order chi connectivity index (χ0) is 9.68. The minimum atomic E-state index is -0.242. The summed E-state index contributed by atoms with van der Waals surface area (Å²) in [6, 6.07) is 9.62. The van der Waals surface area contributed by atoms with E-state index in [2.05, 4.69) is 21.2 Å². The van der Waals surface area contributed by atoms with Gasteiger partial charge in [-0.3, -0.25) is 4.79 Å². The lowest BCUT2D eigenvalue weighted by Gasteiger charge is -2.09. The number of carbonyl (C=O) groups is 1. The molecule has 0 heterocycles. The highest BCUT2D eigenvalue weighted by molar-refractivity contribution is 9.09. The number of alkyl halides is 1. The van der Waals surface area contributed by atoms with Crippen LogP contribution in [0, 0.1) is 0 Å². The number of carbonyl (C=O) groups excluding carboxylic acids is 1. The third-order valence-electron chi connectivity index (χ3n) is 1.67. The van der Waals surface area contributed by atoms with Gasteiger partial charge in [-0.1, -0.05) is 46.3 Å². The van der Waals surface area contributed by atoms with E-state index in [9.17, 15) is 4.79 Å². The second-order valence-electron chi connectivity index (χ2n) is 2.67. The molecule has 1 unspecified atom stereocenters. The molecule has 1 atom stereocenters. The van der Waals surface area contributed by atoms with Gasteiger partial charge in [0, 0.05) is 6.54 Å². The van der Waals surface area contributed by atoms with E-state index in [1.54, 1.807) is 0 Å². The molecule has 0 aromatic heterocycles. The van der Waals surface area contributed by atoms with E-state index >= 15 is 0 Å². The van der Waals surface area contributed by atoms with Crippen molar-refractivity contribution >= 4 is 21.8 Å². The molecule has 0 saturated heterocycles. The summed E-state index contributed by atoms with van der Waals surface area (Å²) in [6.45, 7) is 2.57. The Kier molecular flexibility index (Phi) is 3.96. The summed E-state index contributed by atoms with van der Waals surface area (Å²) in [4.78, 5) is 11.1. The van der Waals surface area contributed by atoms with Crippen LogP contribution in [0.4, 0.5) is 0 Å². The minimum Gasteiger partial charge on any atom is -0.355 e. The number of benzene rings is 1. The van der Waals surface area contributed by atoms with Crippen molar-refractivity contribution in [1.82, 2.24) is 5.32 Å². The summed E-state index contributed by atoms with van der Waals surface area (Å²) < 4.78 is 0. The predicted octanol–water partition coefficient (Wildman–Crippen LogP) is 2.26. The SMILES string of the molecule is CCNC(=O)C(Br)c1ccccc1. The number of halogens is 1. The number of likely N-dealkylation sites (N-methyl/N-ethyl adjacent to an activating group) is 1. The van der Waals surface area contributed by atoms with Gasteiger partial charge in [0.2, 0.25) is 5.91 Å². The van der Waals surface area contributed by atoms with Crippen LogP contribution in [-0.4, -0.2) is 12.5 Å². The van der Waals surface area contributed by atoms with Crippen molar-refractivity contribution in [1.29, 1.82) is 0 Å². The second-order valence-corrected chi connectivity index (χ2v) is 3.58. The number of hydrogen-bond donors (Lipinski definition) is 1. The Labute approximate surface area is 86.5 Å². The third-order valence-corrected chi connectivity index (χ3v) is 2.62. The van der Waals surface area contributed by atoms with Crippen LogP contribution in [0.5, 0.6) is 0 Å². The Morgan fingerprint density at radius 3 is 2.62 bits per heavy atom. The highest BCUT2D eigenvalue weighted by atomic mass is 79.9. The molecule has 0 aliphatic carbocycles. The summed E-state index contributed by atoms with van der Waals surface area (Å²) >= 11 is 3.34. The molecule has 1 rings (SSSR count). The standard InChI is InChI=1S/C10H12BrNO/c1-2-12-10(13)9(11)8-6-4-3-5-7-8/h3-7,9H,2H2,1H3,(H,12,13). The molecule has 1 aromatic carbocycles. The van der Waals surface area contributed by atoms with E-state index in [4.69, 9.17) is 0 Å². The topological polar surface area (TPSA) is 29.1 Å². The quantitative estimate of drug-likeness (QED) is 0.809. The Balaban J connectivity index is 2.68. The van der Waals surface area contributed by atoms with E-state index in [-0.39, 0.29) is 10.7 Å². The van der Waals surface area contributed by atoms with Crippen LogP contribution in [-0.2, 0) is 4.79 Å². The van der Waals surface area contributed by atoms with E-state index in [1.807, 2.05) is 37.3 Å². The van der Waals surface area contributed by atoms with E-state index in [0.717, 1.165) is 5.56 Å². The van der Waals surface area contributed by atoms with Crippen LogP contribution in [0.1, 0.15) is 17.3 Å². The lowest BCUT2D eigenvalue weighted by atomic mass is 10.1. The maximum absolute atomic E-state index is 11.4. The van der Waals surface area contributed by atoms with E-state index in [1.165, 1.54) is 0 Å². The predicted molar refractivity (Wildman–Crippen MR) is 56.8 cm³/mol. The Hall–Kier alpha value is -0.830. The Morgan fingerprint density at radius 2 is 2.08 bits per heavy atom. The summed E-state index contributed by atoms with van der Waals surface area (Å²) in [5, 5.41) is 2.76. The van der Waals surface area contributed by atoms with E-state index in [0.29, 0.717) is 6.54 Å². The molecular weight excluding hydrogens is 230 g/mol. The van der Waals surface area contributed by atoms with Gasteiger partial charge in [0.1, 0.15) is 4.83 Å². The Bertz CT molecular complexity index is 274. The zero-order valence-electron chi connectivity index (χ0n) is 7.46. The molecule has 2 nitrogen and oxygen atoms in total. The molecular formula is C10H12BrNO. The lowest BCUT2D eigenvalue weighted by molar-refractivity contribution is -0.120.